The van der Waals surface area contributed by atoms with Gasteiger partial charge < -0.3 is 36.6 Å². The average Bonchev–Trinajstić information content (AvgIpc) is 2.84. The predicted octanol–water partition coefficient (Wildman–Crippen LogP) is 0.580. The standard InChI is InChI=1S/C29H35N3O9/c1-11-13-9-7-12(8-10-14(33)31-28(2,3)4)21(34)16(13)22(35)17-15(11)23(36)19-20(32(5)6)24(37)18(27(30)40)26(39)29(19,41)25(17)38/h7-11,15,19-20,23,34,36-38,41H,1-6H3,(H2,30,40)(H,31,33)/b10-8-/t11-,15+,19+,20-,23-,29-/m1/s1. The minimum Gasteiger partial charge on any atom is -0.510 e. The van der Waals surface area contributed by atoms with E-state index in [1.807, 2.05) is 0 Å². The number of carbonyl (C=O) groups excluding carboxylic acids is 4. The lowest BCUT2D eigenvalue weighted by Gasteiger charge is -2.53. The molecular weight excluding hydrogens is 534 g/mol. The quantitative estimate of drug-likeness (QED) is 0.198. The zero-order chi connectivity index (χ0) is 30.9. The van der Waals surface area contributed by atoms with Crippen LogP contribution in [-0.2, 0) is 14.4 Å². The number of phenols is 1. The van der Waals surface area contributed by atoms with E-state index >= 15 is 0 Å². The summed E-state index contributed by atoms with van der Waals surface area (Å²) in [7, 11) is 2.94. The van der Waals surface area contributed by atoms with Crippen LogP contribution in [0.2, 0.25) is 0 Å². The molecule has 220 valence electrons. The Bertz CT molecular complexity index is 1470. The molecule has 0 aromatic heterocycles. The number of benzene rings is 1. The van der Waals surface area contributed by atoms with Crippen molar-refractivity contribution in [3.05, 3.63) is 57.6 Å². The maximum absolute atomic E-state index is 13.9. The van der Waals surface area contributed by atoms with Crippen molar-refractivity contribution in [2.24, 2.45) is 17.6 Å². The molecule has 41 heavy (non-hydrogen) atoms. The van der Waals surface area contributed by atoms with Crippen molar-refractivity contribution in [3.63, 3.8) is 0 Å². The van der Waals surface area contributed by atoms with Crippen LogP contribution in [0.3, 0.4) is 0 Å². The van der Waals surface area contributed by atoms with Gasteiger partial charge in [0.2, 0.25) is 11.7 Å². The smallest absolute Gasteiger partial charge is 0.255 e. The van der Waals surface area contributed by atoms with E-state index in [4.69, 9.17) is 5.73 Å². The molecule has 0 bridgehead atoms. The van der Waals surface area contributed by atoms with Gasteiger partial charge >= 0.3 is 0 Å². The number of hydrogen-bond acceptors (Lipinski definition) is 10. The number of aliphatic hydroxyl groups is 4. The van der Waals surface area contributed by atoms with Crippen LogP contribution in [0.5, 0.6) is 5.75 Å². The zero-order valence-corrected chi connectivity index (χ0v) is 23.6. The first-order valence-electron chi connectivity index (χ1n) is 13.0. The molecule has 4 rings (SSSR count). The van der Waals surface area contributed by atoms with E-state index in [0.29, 0.717) is 5.56 Å². The van der Waals surface area contributed by atoms with Gasteiger partial charge in [-0.2, -0.15) is 0 Å². The summed E-state index contributed by atoms with van der Waals surface area (Å²) in [5.74, 6) is -10.0. The molecule has 0 saturated heterocycles. The molecule has 6 atom stereocenters. The van der Waals surface area contributed by atoms with E-state index in [0.717, 1.165) is 0 Å². The SMILES string of the molecule is C[C@@H]1c2ccc(/C=C\C(=O)NC(C)(C)C)c(O)c2C(=O)C2=C(O)[C@@]3(O)C(=O)C(C(N)=O)=C(O)[C@H](N(C)C)[C@H]3[C@H](O)[C@H]21. The van der Waals surface area contributed by atoms with Crippen molar-refractivity contribution < 1.29 is 44.7 Å². The molecule has 0 unspecified atom stereocenters. The first-order chi connectivity index (χ1) is 18.9. The summed E-state index contributed by atoms with van der Waals surface area (Å²) in [4.78, 5) is 53.1. The molecule has 1 aromatic carbocycles. The van der Waals surface area contributed by atoms with Crippen LogP contribution in [0.4, 0.5) is 0 Å². The fourth-order valence-corrected chi connectivity index (χ4v) is 6.35. The molecule has 0 heterocycles. The number of nitrogens with zero attached hydrogens (tertiary/aromatic N) is 1. The number of carbonyl (C=O) groups is 4. The van der Waals surface area contributed by atoms with Gasteiger partial charge in [-0.1, -0.05) is 19.1 Å². The van der Waals surface area contributed by atoms with E-state index in [1.54, 1.807) is 33.8 Å². The maximum Gasteiger partial charge on any atom is 0.255 e. The third-order valence-electron chi connectivity index (χ3n) is 8.07. The summed E-state index contributed by atoms with van der Waals surface area (Å²) in [6, 6.07) is 1.72. The van der Waals surface area contributed by atoms with Gasteiger partial charge in [-0.15, -0.1) is 0 Å². The van der Waals surface area contributed by atoms with Crippen LogP contribution < -0.4 is 11.1 Å². The Morgan fingerprint density at radius 2 is 1.73 bits per heavy atom. The normalized spacial score (nSPS) is 29.9. The maximum atomic E-state index is 13.9. The number of hydrogen-bond donors (Lipinski definition) is 7. The molecule has 1 aromatic rings. The molecule has 2 amide bonds. The number of phenolic OH excluding ortho intramolecular Hbond substituents is 1. The minimum absolute atomic E-state index is 0.116. The monoisotopic (exact) mass is 569 g/mol. The van der Waals surface area contributed by atoms with E-state index in [-0.39, 0.29) is 11.1 Å². The lowest BCUT2D eigenvalue weighted by molar-refractivity contribution is -0.162. The lowest BCUT2D eigenvalue weighted by Crippen LogP contribution is -2.68. The fourth-order valence-electron chi connectivity index (χ4n) is 6.35. The Kier molecular flexibility index (Phi) is 7.18. The summed E-state index contributed by atoms with van der Waals surface area (Å²) in [6.45, 7) is 7.03. The van der Waals surface area contributed by atoms with E-state index in [2.05, 4.69) is 5.32 Å². The van der Waals surface area contributed by atoms with Crippen molar-refractivity contribution in [2.75, 3.05) is 14.1 Å². The highest BCUT2D eigenvalue weighted by Gasteiger charge is 2.67. The highest BCUT2D eigenvalue weighted by molar-refractivity contribution is 6.25. The number of primary amides is 1. The number of rotatable bonds is 4. The highest BCUT2D eigenvalue weighted by Crippen LogP contribution is 2.55. The van der Waals surface area contributed by atoms with Crippen LogP contribution in [-0.4, -0.2) is 91.2 Å². The van der Waals surface area contributed by atoms with Crippen molar-refractivity contribution >= 4 is 29.5 Å². The van der Waals surface area contributed by atoms with Crippen molar-refractivity contribution in [1.29, 1.82) is 0 Å². The number of amides is 2. The second kappa shape index (κ2) is 9.82. The third kappa shape index (κ3) is 4.42. The van der Waals surface area contributed by atoms with Crippen LogP contribution in [0.15, 0.2) is 40.9 Å². The van der Waals surface area contributed by atoms with Gasteiger partial charge in [0.05, 0.1) is 23.6 Å². The van der Waals surface area contributed by atoms with Crippen molar-refractivity contribution in [1.82, 2.24) is 10.2 Å². The molecule has 0 aliphatic heterocycles. The van der Waals surface area contributed by atoms with Crippen LogP contribution in [0.1, 0.15) is 55.1 Å². The largest absolute Gasteiger partial charge is 0.510 e. The number of likely N-dealkylation sites (N-methyl/N-ethyl adjacent to an activating group) is 1. The highest BCUT2D eigenvalue weighted by atomic mass is 16.4. The predicted molar refractivity (Wildman–Crippen MR) is 147 cm³/mol. The Labute approximate surface area is 236 Å². The molecule has 12 nitrogen and oxygen atoms in total. The van der Waals surface area contributed by atoms with Gasteiger partial charge in [0.15, 0.2) is 11.4 Å². The van der Waals surface area contributed by atoms with Crippen molar-refractivity contribution in [3.8, 4) is 5.75 Å². The Hall–Kier alpha value is -4.00. The third-order valence-corrected chi connectivity index (χ3v) is 8.07. The Balaban J connectivity index is 1.91. The lowest BCUT2D eigenvalue weighted by atomic mass is 9.55. The van der Waals surface area contributed by atoms with Gasteiger partial charge in [-0.3, -0.25) is 24.1 Å². The Morgan fingerprint density at radius 1 is 1.12 bits per heavy atom. The summed E-state index contributed by atoms with van der Waals surface area (Å²) in [6.07, 6.45) is 0.828. The molecule has 0 saturated carbocycles. The van der Waals surface area contributed by atoms with Gasteiger partial charge in [0, 0.05) is 28.7 Å². The number of Topliss-reactive ketones (excluding diaryl/α,β-unsaturated/α-hetero) is 2. The zero-order valence-electron chi connectivity index (χ0n) is 23.6. The van der Waals surface area contributed by atoms with Crippen LogP contribution >= 0.6 is 0 Å². The number of aliphatic hydroxyl groups excluding tert-OH is 3. The van der Waals surface area contributed by atoms with Crippen molar-refractivity contribution in [2.45, 2.75) is 56.9 Å². The van der Waals surface area contributed by atoms with Crippen LogP contribution in [0, 0.1) is 11.8 Å². The van der Waals surface area contributed by atoms with E-state index < -0.39 is 92.8 Å². The van der Waals surface area contributed by atoms with Gasteiger partial charge in [0.25, 0.3) is 5.91 Å². The molecule has 8 N–H and O–H groups in total. The van der Waals surface area contributed by atoms with Crippen LogP contribution in [0.25, 0.3) is 6.08 Å². The number of ketones is 2. The molecule has 0 spiro atoms. The second-order valence-electron chi connectivity index (χ2n) is 12.1. The first kappa shape index (κ1) is 30.0. The molecule has 3 aliphatic carbocycles. The number of nitrogens with two attached hydrogens (primary N) is 1. The summed E-state index contributed by atoms with van der Waals surface area (Å²) >= 11 is 0. The number of fused-ring (bicyclic) bond motifs is 3. The summed E-state index contributed by atoms with van der Waals surface area (Å²) in [5.41, 5.74) is 0.591. The second-order valence-corrected chi connectivity index (χ2v) is 12.1. The molecular formula is C29H35N3O9. The summed E-state index contributed by atoms with van der Waals surface area (Å²) in [5, 5.41) is 59.5. The number of aromatic hydroxyl groups is 1. The van der Waals surface area contributed by atoms with Gasteiger partial charge in [0.1, 0.15) is 22.8 Å². The molecule has 3 aliphatic rings. The van der Waals surface area contributed by atoms with Gasteiger partial charge in [-0.05, 0) is 52.4 Å². The molecule has 0 fully saturated rings. The first-order valence-corrected chi connectivity index (χ1v) is 13.0. The van der Waals surface area contributed by atoms with Gasteiger partial charge in [-0.25, -0.2) is 0 Å². The topological polar surface area (TPSA) is 211 Å². The molecule has 12 heteroatoms. The molecule has 0 radical (unpaired) electrons. The Morgan fingerprint density at radius 3 is 2.27 bits per heavy atom. The average molecular weight is 570 g/mol. The van der Waals surface area contributed by atoms with E-state index in [1.165, 1.54) is 37.2 Å². The minimum atomic E-state index is -2.98. The summed E-state index contributed by atoms with van der Waals surface area (Å²) < 4.78 is 0. The fraction of sp³-hybridized carbons (Fsp3) is 0.448. The van der Waals surface area contributed by atoms with E-state index in [9.17, 15) is 44.7 Å². The number of nitrogens with one attached hydrogen (secondary N) is 1.